The Morgan fingerprint density at radius 2 is 1.72 bits per heavy atom. The van der Waals surface area contributed by atoms with Crippen molar-refractivity contribution in [1.82, 2.24) is 9.78 Å². The summed E-state index contributed by atoms with van der Waals surface area (Å²) < 4.78 is 43.5. The molecule has 0 aliphatic heterocycles. The molecule has 2 aromatic carbocycles. The van der Waals surface area contributed by atoms with Gasteiger partial charge in [-0.2, -0.15) is 9.78 Å². The van der Waals surface area contributed by atoms with Crippen molar-refractivity contribution in [2.75, 3.05) is 12.9 Å². The third-order valence-electron chi connectivity index (χ3n) is 6.66. The van der Waals surface area contributed by atoms with Gasteiger partial charge in [-0.3, -0.25) is 4.79 Å². The second-order valence-corrected chi connectivity index (χ2v) is 14.5. The van der Waals surface area contributed by atoms with Gasteiger partial charge in [0.25, 0.3) is 0 Å². The molecule has 0 aliphatic carbocycles. The minimum atomic E-state index is -3.49. The van der Waals surface area contributed by atoms with Crippen LogP contribution < -0.4 is 10.3 Å². The van der Waals surface area contributed by atoms with Crippen LogP contribution in [-0.2, 0) is 28.9 Å². The van der Waals surface area contributed by atoms with Crippen LogP contribution in [0.4, 0.5) is 0 Å². The van der Waals surface area contributed by atoms with Gasteiger partial charge < -0.3 is 29.5 Å². The average Bonchev–Trinajstić information content (AvgIpc) is 2.96. The third kappa shape index (κ3) is 9.93. The number of benzene rings is 2. The number of aliphatic carboxylic acids is 1. The van der Waals surface area contributed by atoms with E-state index in [0.29, 0.717) is 22.1 Å². The van der Waals surface area contributed by atoms with Crippen LogP contribution in [0.3, 0.4) is 0 Å². The molecular formula is C31H37BrN2O11S. The fourth-order valence-electron chi connectivity index (χ4n) is 4.17. The maximum Gasteiger partial charge on any atom is 0.338 e. The molecule has 0 saturated heterocycles. The van der Waals surface area contributed by atoms with E-state index in [-0.39, 0.29) is 35.2 Å². The smallest absolute Gasteiger partial charge is 0.338 e. The van der Waals surface area contributed by atoms with E-state index in [1.807, 2.05) is 13.8 Å². The molecule has 3 aromatic rings. The van der Waals surface area contributed by atoms with Gasteiger partial charge >= 0.3 is 17.5 Å². The highest BCUT2D eigenvalue weighted by Gasteiger charge is 2.37. The zero-order valence-electron chi connectivity index (χ0n) is 25.9. The maximum atomic E-state index is 14.0. The van der Waals surface area contributed by atoms with Crippen molar-refractivity contribution in [2.24, 2.45) is 5.92 Å². The van der Waals surface area contributed by atoms with Gasteiger partial charge in [0, 0.05) is 22.7 Å². The van der Waals surface area contributed by atoms with Crippen molar-refractivity contribution in [1.29, 1.82) is 0 Å². The van der Waals surface area contributed by atoms with Gasteiger partial charge in [-0.15, -0.1) is 0 Å². The molecule has 3 rings (SSSR count). The molecule has 15 heteroatoms. The van der Waals surface area contributed by atoms with Crippen molar-refractivity contribution in [3.05, 3.63) is 69.6 Å². The number of hydrogen-bond acceptors (Lipinski definition) is 11. The maximum absolute atomic E-state index is 14.0. The fourth-order valence-corrected chi connectivity index (χ4v) is 5.19. The van der Waals surface area contributed by atoms with Gasteiger partial charge in [0.05, 0.1) is 23.4 Å². The monoisotopic (exact) mass is 724 g/mol. The molecule has 0 aliphatic rings. The highest BCUT2D eigenvalue weighted by Crippen LogP contribution is 2.31. The Bertz CT molecular complexity index is 1710. The number of sulfone groups is 1. The number of carbonyl (C=O) groups excluding carboxylic acids is 1. The summed E-state index contributed by atoms with van der Waals surface area (Å²) in [4.78, 5) is 37.6. The van der Waals surface area contributed by atoms with E-state index >= 15 is 0 Å². The number of carbonyl (C=O) groups is 2. The van der Waals surface area contributed by atoms with E-state index in [4.69, 9.17) is 19.3 Å². The first kappa shape index (κ1) is 36.8. The molecule has 0 saturated carbocycles. The zero-order chi connectivity index (χ0) is 34.4. The summed E-state index contributed by atoms with van der Waals surface area (Å²) in [5.41, 5.74) is -1.06. The van der Waals surface area contributed by atoms with Crippen LogP contribution in [0, 0.1) is 5.92 Å². The lowest BCUT2D eigenvalue weighted by atomic mass is 10.0. The number of aliphatic hydroxyl groups excluding tert-OH is 2. The highest BCUT2D eigenvalue weighted by atomic mass is 79.9. The number of carboxylic acid groups (broad SMARTS) is 1. The summed E-state index contributed by atoms with van der Waals surface area (Å²) >= 11 is 3.39. The van der Waals surface area contributed by atoms with Crippen LogP contribution in [0.5, 0.6) is 5.75 Å². The molecule has 3 N–H and O–H groups in total. The van der Waals surface area contributed by atoms with Crippen LogP contribution in [0.1, 0.15) is 40.5 Å². The largest absolute Gasteiger partial charge is 0.479 e. The molecule has 3 atom stereocenters. The Labute approximate surface area is 274 Å². The predicted octanol–water partition coefficient (Wildman–Crippen LogP) is 3.35. The molecule has 1 aromatic heterocycles. The molecule has 1 heterocycles. The van der Waals surface area contributed by atoms with Gasteiger partial charge in [-0.25, -0.2) is 18.0 Å². The van der Waals surface area contributed by atoms with Crippen LogP contribution in [-0.4, -0.2) is 82.4 Å². The molecule has 0 radical (unpaired) electrons. The number of ether oxygens (including phenoxy) is 3. The minimum Gasteiger partial charge on any atom is -0.479 e. The molecule has 0 bridgehead atoms. The summed E-state index contributed by atoms with van der Waals surface area (Å²) in [5, 5.41) is 32.8. The van der Waals surface area contributed by atoms with Gasteiger partial charge in [0.2, 0.25) is 6.29 Å². The number of carboxylic acids is 1. The lowest BCUT2D eigenvalue weighted by Gasteiger charge is -2.31. The second-order valence-electron chi connectivity index (χ2n) is 11.6. The van der Waals surface area contributed by atoms with Crippen LogP contribution in [0.25, 0.3) is 16.8 Å². The SMILES string of the molecule is CC(C)CCOC(CC(C)(C)OC(=O)[C@H](O)[C@@H](O)C(=O)O)Oc1c(-c2ccc(S(C)(=O)=O)cc2)cnn(-c2cccc(Br)c2)c1=O. The Balaban J connectivity index is 2.08. The molecule has 0 amide bonds. The number of hydrogen-bond donors (Lipinski definition) is 3. The lowest BCUT2D eigenvalue weighted by Crippen LogP contribution is -2.45. The molecular weight excluding hydrogens is 688 g/mol. The molecule has 0 spiro atoms. The number of nitrogens with zero attached hydrogens (tertiary/aromatic N) is 2. The van der Waals surface area contributed by atoms with Crippen LogP contribution >= 0.6 is 15.9 Å². The van der Waals surface area contributed by atoms with Crippen LogP contribution in [0.15, 0.2) is 68.9 Å². The van der Waals surface area contributed by atoms with Gasteiger partial charge in [-0.05, 0) is 62.1 Å². The first-order chi connectivity index (χ1) is 21.4. The van der Waals surface area contributed by atoms with E-state index in [2.05, 4.69) is 21.0 Å². The van der Waals surface area contributed by atoms with E-state index in [1.54, 1.807) is 24.3 Å². The number of aromatic nitrogens is 2. The number of esters is 1. The molecule has 13 nitrogen and oxygen atoms in total. The van der Waals surface area contributed by atoms with Gasteiger partial charge in [0.15, 0.2) is 27.8 Å². The van der Waals surface area contributed by atoms with E-state index < -0.39 is 51.4 Å². The normalized spacial score (nSPS) is 14.0. The van der Waals surface area contributed by atoms with E-state index in [1.165, 1.54) is 44.3 Å². The van der Waals surface area contributed by atoms with Crippen LogP contribution in [0.2, 0.25) is 0 Å². The topological polar surface area (TPSA) is 192 Å². The Morgan fingerprint density at radius 1 is 1.07 bits per heavy atom. The van der Waals surface area contributed by atoms with Crippen molar-refractivity contribution in [3.63, 3.8) is 0 Å². The number of rotatable bonds is 15. The summed E-state index contributed by atoms with van der Waals surface area (Å²) in [7, 11) is -3.49. The van der Waals surface area contributed by atoms with Crippen molar-refractivity contribution in [2.45, 2.75) is 69.5 Å². The molecule has 1 unspecified atom stereocenters. The standard InChI is InChI=1S/C31H37BrN2O11S/c1-18(2)13-14-43-24(16-31(3,4)45-30(40)26(36)25(35)29(38)39)44-27-23(19-9-11-22(12-10-19)46(5,41)42)17-33-34(28(27)37)21-8-6-7-20(32)15-21/h6-12,15,17-18,24-26,35-36H,13-14,16H2,1-5H3,(H,38,39)/t24?,25-,26-/m1/s1. The minimum absolute atomic E-state index is 0.0721. The summed E-state index contributed by atoms with van der Waals surface area (Å²) in [5.74, 6) is -3.14. The third-order valence-corrected chi connectivity index (χ3v) is 8.28. The lowest BCUT2D eigenvalue weighted by molar-refractivity contribution is -0.186. The highest BCUT2D eigenvalue weighted by molar-refractivity contribution is 9.10. The van der Waals surface area contributed by atoms with Crippen molar-refractivity contribution in [3.8, 4) is 22.6 Å². The quantitative estimate of drug-likeness (QED) is 0.153. The molecule has 46 heavy (non-hydrogen) atoms. The fraction of sp³-hybridized carbons (Fsp3) is 0.419. The second kappa shape index (κ2) is 15.3. The molecule has 250 valence electrons. The van der Waals surface area contributed by atoms with Gasteiger partial charge in [-0.1, -0.05) is 48.0 Å². The first-order valence-electron chi connectivity index (χ1n) is 14.2. The van der Waals surface area contributed by atoms with Gasteiger partial charge in [0.1, 0.15) is 5.60 Å². The zero-order valence-corrected chi connectivity index (χ0v) is 28.3. The molecule has 0 fully saturated rings. The summed E-state index contributed by atoms with van der Waals surface area (Å²) in [6.45, 7) is 7.08. The summed E-state index contributed by atoms with van der Waals surface area (Å²) in [6, 6.07) is 12.6. The Hall–Kier alpha value is -3.63. The Kier molecular flexibility index (Phi) is 12.3. The predicted molar refractivity (Wildman–Crippen MR) is 170 cm³/mol. The number of aliphatic hydroxyl groups is 2. The van der Waals surface area contributed by atoms with Crippen molar-refractivity contribution < 1.29 is 47.5 Å². The van der Waals surface area contributed by atoms with E-state index in [0.717, 1.165) is 10.9 Å². The van der Waals surface area contributed by atoms with Crippen molar-refractivity contribution >= 4 is 37.7 Å². The summed E-state index contributed by atoms with van der Waals surface area (Å²) in [6.07, 6.45) is -3.08. The average molecular weight is 726 g/mol. The number of halogens is 1. The van der Waals surface area contributed by atoms with E-state index in [9.17, 15) is 33.0 Å². The first-order valence-corrected chi connectivity index (χ1v) is 16.9. The Morgan fingerprint density at radius 3 is 2.28 bits per heavy atom.